The first kappa shape index (κ1) is 17.7. The second kappa shape index (κ2) is 7.90. The summed E-state index contributed by atoms with van der Waals surface area (Å²) < 4.78 is 1.91. The van der Waals surface area contributed by atoms with Gasteiger partial charge in [-0.05, 0) is 43.0 Å². The van der Waals surface area contributed by atoms with E-state index in [2.05, 4.69) is 15.4 Å². The molecule has 7 heteroatoms. The molecule has 0 radical (unpaired) electrons. The Hall–Kier alpha value is -2.70. The van der Waals surface area contributed by atoms with Crippen LogP contribution < -0.4 is 5.32 Å². The third-order valence-electron chi connectivity index (χ3n) is 5.55. The van der Waals surface area contributed by atoms with Crippen LogP contribution in [0.25, 0.3) is 0 Å². The number of carbonyl (C=O) groups excluding carboxylic acids is 2. The third kappa shape index (κ3) is 4.02. The lowest BCUT2D eigenvalue weighted by Crippen LogP contribution is -2.46. The second-order valence-corrected chi connectivity index (χ2v) is 7.43. The molecule has 1 fully saturated rings. The Balaban J connectivity index is 1.34. The minimum atomic E-state index is -0.103. The molecule has 2 amide bonds. The summed E-state index contributed by atoms with van der Waals surface area (Å²) >= 11 is 0. The standard InChI is InChI=1S/C20H25N5O2/c26-19(22-10-6-15-4-8-21-9-5-15)12-18-14-24(20(27)16-2-1-3-16)13-17-7-11-23-25(17)18/h4-5,7-9,11,16,18H,1-3,6,10,12-14H2,(H,22,26). The Kier molecular flexibility index (Phi) is 5.18. The summed E-state index contributed by atoms with van der Waals surface area (Å²) in [6, 6.07) is 5.74. The van der Waals surface area contributed by atoms with Crippen LogP contribution in [0, 0.1) is 5.92 Å². The maximum absolute atomic E-state index is 12.7. The van der Waals surface area contributed by atoms with Crippen LogP contribution in [-0.2, 0) is 22.6 Å². The van der Waals surface area contributed by atoms with Gasteiger partial charge in [0.25, 0.3) is 0 Å². The van der Waals surface area contributed by atoms with Gasteiger partial charge >= 0.3 is 0 Å². The highest BCUT2D eigenvalue weighted by atomic mass is 16.2. The smallest absolute Gasteiger partial charge is 0.226 e. The molecule has 0 aromatic carbocycles. The third-order valence-corrected chi connectivity index (χ3v) is 5.55. The fourth-order valence-electron chi connectivity index (χ4n) is 3.80. The van der Waals surface area contributed by atoms with Crippen LogP contribution in [0.4, 0.5) is 0 Å². The minimum absolute atomic E-state index is 0.00607. The van der Waals surface area contributed by atoms with Gasteiger partial charge in [-0.3, -0.25) is 19.3 Å². The van der Waals surface area contributed by atoms with Crippen LogP contribution in [0.3, 0.4) is 0 Å². The number of nitrogens with one attached hydrogen (secondary N) is 1. The molecule has 0 saturated heterocycles. The lowest BCUT2D eigenvalue weighted by atomic mass is 9.84. The molecule has 7 nitrogen and oxygen atoms in total. The Morgan fingerprint density at radius 2 is 1.96 bits per heavy atom. The van der Waals surface area contributed by atoms with E-state index in [0.29, 0.717) is 26.1 Å². The SMILES string of the molecule is O=C(CC1CN(C(=O)C2CCC2)Cc2ccnn21)NCCc1ccncc1. The van der Waals surface area contributed by atoms with Crippen LogP contribution in [-0.4, -0.2) is 44.6 Å². The summed E-state index contributed by atoms with van der Waals surface area (Å²) in [5.74, 6) is 0.402. The summed E-state index contributed by atoms with van der Waals surface area (Å²) in [6.45, 7) is 1.74. The molecule has 0 bridgehead atoms. The first-order valence-corrected chi connectivity index (χ1v) is 9.67. The Morgan fingerprint density at radius 3 is 2.70 bits per heavy atom. The van der Waals surface area contributed by atoms with E-state index in [9.17, 15) is 9.59 Å². The van der Waals surface area contributed by atoms with Gasteiger partial charge in [-0.25, -0.2) is 0 Å². The fourth-order valence-corrected chi connectivity index (χ4v) is 3.80. The van der Waals surface area contributed by atoms with Crippen molar-refractivity contribution in [1.29, 1.82) is 0 Å². The molecule has 1 N–H and O–H groups in total. The quantitative estimate of drug-likeness (QED) is 0.843. The molecule has 27 heavy (non-hydrogen) atoms. The molecule has 1 unspecified atom stereocenters. The van der Waals surface area contributed by atoms with Crippen LogP contribution in [0.1, 0.15) is 43.0 Å². The number of nitrogens with zero attached hydrogens (tertiary/aromatic N) is 4. The van der Waals surface area contributed by atoms with Crippen molar-refractivity contribution < 1.29 is 9.59 Å². The Bertz CT molecular complexity index is 800. The number of fused-ring (bicyclic) bond motifs is 1. The molecule has 1 atom stereocenters. The zero-order valence-corrected chi connectivity index (χ0v) is 15.4. The molecule has 4 rings (SSSR count). The molecular weight excluding hydrogens is 342 g/mol. The average Bonchev–Trinajstić information content (AvgIpc) is 3.10. The highest BCUT2D eigenvalue weighted by Crippen LogP contribution is 2.31. The van der Waals surface area contributed by atoms with Gasteiger partial charge in [0.15, 0.2) is 0 Å². The van der Waals surface area contributed by atoms with Crippen molar-refractivity contribution in [2.75, 3.05) is 13.1 Å². The summed E-state index contributed by atoms with van der Waals surface area (Å²) in [7, 11) is 0. The van der Waals surface area contributed by atoms with Gasteiger partial charge in [0.2, 0.25) is 11.8 Å². The lowest BCUT2D eigenvalue weighted by molar-refractivity contribution is -0.141. The maximum atomic E-state index is 12.7. The van der Waals surface area contributed by atoms with Gasteiger partial charge in [0.1, 0.15) is 0 Å². The van der Waals surface area contributed by atoms with Gasteiger partial charge < -0.3 is 10.2 Å². The normalized spacial score (nSPS) is 19.3. The van der Waals surface area contributed by atoms with Crippen LogP contribution in [0.2, 0.25) is 0 Å². The number of pyridine rings is 1. The van der Waals surface area contributed by atoms with Crippen molar-refractivity contribution in [2.24, 2.45) is 5.92 Å². The molecule has 1 aliphatic heterocycles. The topological polar surface area (TPSA) is 80.1 Å². The average molecular weight is 367 g/mol. The van der Waals surface area contributed by atoms with Gasteiger partial charge in [-0.15, -0.1) is 0 Å². The number of carbonyl (C=O) groups is 2. The van der Waals surface area contributed by atoms with Crippen molar-refractivity contribution in [3.05, 3.63) is 48.0 Å². The molecule has 2 aromatic rings. The fraction of sp³-hybridized carbons (Fsp3) is 0.500. The number of rotatable bonds is 6. The van der Waals surface area contributed by atoms with E-state index >= 15 is 0 Å². The van der Waals surface area contributed by atoms with Crippen molar-refractivity contribution in [3.8, 4) is 0 Å². The van der Waals surface area contributed by atoms with E-state index < -0.39 is 0 Å². The van der Waals surface area contributed by atoms with Crippen LogP contribution in [0.15, 0.2) is 36.8 Å². The highest BCUT2D eigenvalue weighted by Gasteiger charge is 2.35. The van der Waals surface area contributed by atoms with Crippen LogP contribution >= 0.6 is 0 Å². The van der Waals surface area contributed by atoms with Crippen molar-refractivity contribution in [1.82, 2.24) is 25.0 Å². The monoisotopic (exact) mass is 367 g/mol. The van der Waals surface area contributed by atoms with Gasteiger partial charge in [0, 0.05) is 37.6 Å². The predicted octanol–water partition coefficient (Wildman–Crippen LogP) is 1.71. The molecular formula is C20H25N5O2. The summed E-state index contributed by atoms with van der Waals surface area (Å²) in [5, 5.41) is 7.37. The predicted molar refractivity (Wildman–Crippen MR) is 99.6 cm³/mol. The van der Waals surface area contributed by atoms with Gasteiger partial charge in [0.05, 0.1) is 24.7 Å². The van der Waals surface area contributed by atoms with E-state index in [-0.39, 0.29) is 23.8 Å². The zero-order chi connectivity index (χ0) is 18.6. The largest absolute Gasteiger partial charge is 0.356 e. The van der Waals surface area contributed by atoms with Crippen molar-refractivity contribution in [2.45, 2.75) is 44.7 Å². The first-order chi connectivity index (χ1) is 13.2. The van der Waals surface area contributed by atoms with E-state index in [1.54, 1.807) is 18.6 Å². The van der Waals surface area contributed by atoms with Gasteiger partial charge in [-0.2, -0.15) is 5.10 Å². The maximum Gasteiger partial charge on any atom is 0.226 e. The van der Waals surface area contributed by atoms with E-state index in [1.165, 1.54) is 0 Å². The summed E-state index contributed by atoms with van der Waals surface area (Å²) in [4.78, 5) is 31.0. The Morgan fingerprint density at radius 1 is 1.15 bits per heavy atom. The summed E-state index contributed by atoms with van der Waals surface area (Å²) in [6.07, 6.45) is 9.51. The number of hydrogen-bond donors (Lipinski definition) is 1. The number of hydrogen-bond acceptors (Lipinski definition) is 4. The first-order valence-electron chi connectivity index (χ1n) is 9.67. The van der Waals surface area contributed by atoms with Crippen molar-refractivity contribution in [3.63, 3.8) is 0 Å². The van der Waals surface area contributed by atoms with E-state index in [0.717, 1.165) is 36.9 Å². The molecule has 3 heterocycles. The molecule has 142 valence electrons. The lowest BCUT2D eigenvalue weighted by Gasteiger charge is -2.37. The van der Waals surface area contributed by atoms with Crippen LogP contribution in [0.5, 0.6) is 0 Å². The number of amides is 2. The minimum Gasteiger partial charge on any atom is -0.356 e. The van der Waals surface area contributed by atoms with Crippen molar-refractivity contribution >= 4 is 11.8 Å². The zero-order valence-electron chi connectivity index (χ0n) is 15.4. The summed E-state index contributed by atoms with van der Waals surface area (Å²) in [5.41, 5.74) is 2.15. The van der Waals surface area contributed by atoms with Gasteiger partial charge in [-0.1, -0.05) is 6.42 Å². The molecule has 0 spiro atoms. The molecule has 2 aliphatic rings. The van der Waals surface area contributed by atoms with E-state index in [4.69, 9.17) is 0 Å². The molecule has 1 saturated carbocycles. The second-order valence-electron chi connectivity index (χ2n) is 7.43. The Labute approximate surface area is 158 Å². The molecule has 2 aromatic heterocycles. The highest BCUT2D eigenvalue weighted by molar-refractivity contribution is 5.80. The number of aromatic nitrogens is 3. The van der Waals surface area contributed by atoms with E-state index in [1.807, 2.05) is 27.8 Å². The molecule has 1 aliphatic carbocycles.